The summed E-state index contributed by atoms with van der Waals surface area (Å²) in [5.41, 5.74) is 5.60. The summed E-state index contributed by atoms with van der Waals surface area (Å²) in [4.78, 5) is 47.0. The Kier molecular flexibility index (Phi) is 8.31. The van der Waals surface area contributed by atoms with Crippen molar-refractivity contribution in [1.82, 2.24) is 5.43 Å². The number of benzene rings is 3. The number of nitrogens with one attached hydrogen (secondary N) is 2. The van der Waals surface area contributed by atoms with Crippen LogP contribution < -0.4 is 20.2 Å². The van der Waals surface area contributed by atoms with Crippen molar-refractivity contribution in [3.05, 3.63) is 93.0 Å². The van der Waals surface area contributed by atoms with Crippen LogP contribution in [0.1, 0.15) is 34.0 Å². The van der Waals surface area contributed by atoms with Crippen molar-refractivity contribution in [1.29, 1.82) is 0 Å². The van der Waals surface area contributed by atoms with E-state index in [-0.39, 0.29) is 22.7 Å². The summed E-state index contributed by atoms with van der Waals surface area (Å²) < 4.78 is 10.7. The molecule has 0 aromatic heterocycles. The summed E-state index contributed by atoms with van der Waals surface area (Å²) in [5.74, 6) is -2.22. The number of rotatable bonds is 7. The molecule has 0 saturated carbocycles. The van der Waals surface area contributed by atoms with Gasteiger partial charge in [-0.25, -0.2) is 10.2 Å². The number of amides is 2. The van der Waals surface area contributed by atoms with Gasteiger partial charge in [0.05, 0.1) is 23.3 Å². The molecule has 0 aliphatic rings. The zero-order chi connectivity index (χ0) is 27.1. The number of hydrazone groups is 1. The second-order valence-electron chi connectivity index (χ2n) is 7.95. The van der Waals surface area contributed by atoms with E-state index in [1.807, 2.05) is 19.9 Å². The maximum absolute atomic E-state index is 12.4. The normalized spacial score (nSPS) is 10.9. The Balaban J connectivity index is 1.66. The van der Waals surface area contributed by atoms with E-state index in [0.29, 0.717) is 17.0 Å². The third-order valence-corrected chi connectivity index (χ3v) is 5.39. The number of carbonyl (C=O) groups is 3. The third-order valence-electron chi connectivity index (χ3n) is 5.39. The largest absolute Gasteiger partial charge is 0.493 e. The van der Waals surface area contributed by atoms with Crippen LogP contribution in [0, 0.1) is 24.0 Å². The number of esters is 1. The standard InChI is InChI=1S/C26H24N4O7/c1-15-5-9-20(13-16(15)2)27-24(31)25(32)29-28-17(3)19-8-12-22(23(14-19)36-4)37-26(33)18-6-10-21(11-7-18)30(34)35/h5-14H,1-4H3,(H,27,31)(H,29,32). The molecule has 11 nitrogen and oxygen atoms in total. The van der Waals surface area contributed by atoms with Gasteiger partial charge in [0.15, 0.2) is 11.5 Å². The fraction of sp³-hybridized carbons (Fsp3) is 0.154. The van der Waals surface area contributed by atoms with E-state index in [1.54, 1.807) is 31.2 Å². The van der Waals surface area contributed by atoms with Gasteiger partial charge in [0.2, 0.25) is 0 Å². The minimum atomic E-state index is -0.946. The smallest absolute Gasteiger partial charge is 0.343 e. The lowest BCUT2D eigenvalue weighted by atomic mass is 10.1. The molecule has 190 valence electrons. The molecule has 3 aromatic carbocycles. The Bertz CT molecular complexity index is 1400. The molecule has 0 radical (unpaired) electrons. The first-order chi connectivity index (χ1) is 17.6. The highest BCUT2D eigenvalue weighted by Crippen LogP contribution is 2.29. The molecular weight excluding hydrogens is 480 g/mol. The van der Waals surface area contributed by atoms with Crippen molar-refractivity contribution in [3.8, 4) is 11.5 Å². The van der Waals surface area contributed by atoms with Gasteiger partial charge in [-0.3, -0.25) is 19.7 Å². The summed E-state index contributed by atoms with van der Waals surface area (Å²) in [7, 11) is 1.38. The quantitative estimate of drug-likeness (QED) is 0.124. The van der Waals surface area contributed by atoms with Crippen LogP contribution in [0.4, 0.5) is 11.4 Å². The number of non-ortho nitro benzene ring substituents is 1. The van der Waals surface area contributed by atoms with Gasteiger partial charge in [-0.15, -0.1) is 0 Å². The zero-order valence-corrected chi connectivity index (χ0v) is 20.5. The van der Waals surface area contributed by atoms with E-state index in [0.717, 1.165) is 11.1 Å². The second-order valence-corrected chi connectivity index (χ2v) is 7.95. The van der Waals surface area contributed by atoms with Crippen molar-refractivity contribution in [2.45, 2.75) is 20.8 Å². The molecule has 3 rings (SSSR count). The summed E-state index contributed by atoms with van der Waals surface area (Å²) in [5, 5.41) is 17.3. The average Bonchev–Trinajstić information content (AvgIpc) is 2.89. The SMILES string of the molecule is COc1cc(C(C)=NNC(=O)C(=O)Nc2ccc(C)c(C)c2)ccc1OC(=O)c1ccc([N+](=O)[O-])cc1. The first-order valence-electron chi connectivity index (χ1n) is 11.0. The topological polar surface area (TPSA) is 149 Å². The Hall–Kier alpha value is -5.06. The Labute approximate surface area is 212 Å². The summed E-state index contributed by atoms with van der Waals surface area (Å²) in [6.45, 7) is 5.45. The van der Waals surface area contributed by atoms with Crippen LogP contribution in [0.25, 0.3) is 0 Å². The lowest BCUT2D eigenvalue weighted by Crippen LogP contribution is -2.33. The number of hydrogen-bond acceptors (Lipinski definition) is 8. The predicted octanol–water partition coefficient (Wildman–Crippen LogP) is 3.92. The van der Waals surface area contributed by atoms with Crippen LogP contribution >= 0.6 is 0 Å². The monoisotopic (exact) mass is 504 g/mol. The molecule has 11 heteroatoms. The molecule has 0 atom stereocenters. The van der Waals surface area contributed by atoms with E-state index in [2.05, 4.69) is 15.8 Å². The number of aryl methyl sites for hydroxylation is 2. The highest BCUT2D eigenvalue weighted by atomic mass is 16.6. The van der Waals surface area contributed by atoms with Crippen LogP contribution in [0.2, 0.25) is 0 Å². The molecule has 0 heterocycles. The predicted molar refractivity (Wildman–Crippen MR) is 136 cm³/mol. The fourth-order valence-corrected chi connectivity index (χ4v) is 3.11. The molecule has 37 heavy (non-hydrogen) atoms. The minimum Gasteiger partial charge on any atom is -0.493 e. The number of nitro groups is 1. The van der Waals surface area contributed by atoms with Gasteiger partial charge < -0.3 is 14.8 Å². The van der Waals surface area contributed by atoms with Crippen molar-refractivity contribution < 1.29 is 28.8 Å². The number of methoxy groups -OCH3 is 1. The molecule has 0 aliphatic heterocycles. The van der Waals surface area contributed by atoms with Gasteiger partial charge in [-0.2, -0.15) is 5.10 Å². The molecule has 0 unspecified atom stereocenters. The number of nitro benzene ring substituents is 1. The number of ether oxygens (including phenoxy) is 2. The minimum absolute atomic E-state index is 0.110. The number of nitrogens with zero attached hydrogens (tertiary/aromatic N) is 2. The molecule has 0 aliphatic carbocycles. The van der Waals surface area contributed by atoms with Gasteiger partial charge in [0.25, 0.3) is 5.69 Å². The summed E-state index contributed by atoms with van der Waals surface area (Å²) in [6.07, 6.45) is 0. The third kappa shape index (κ3) is 6.75. The van der Waals surface area contributed by atoms with Crippen LogP contribution in [0.15, 0.2) is 65.8 Å². The average molecular weight is 504 g/mol. The van der Waals surface area contributed by atoms with Gasteiger partial charge in [0, 0.05) is 23.4 Å². The van der Waals surface area contributed by atoms with Crippen molar-refractivity contribution in [2.75, 3.05) is 12.4 Å². The van der Waals surface area contributed by atoms with Crippen LogP contribution in [-0.4, -0.2) is 35.5 Å². The van der Waals surface area contributed by atoms with Crippen LogP contribution in [0.3, 0.4) is 0 Å². The molecule has 0 saturated heterocycles. The van der Waals surface area contributed by atoms with Crippen molar-refractivity contribution >= 4 is 34.9 Å². The van der Waals surface area contributed by atoms with E-state index < -0.39 is 22.7 Å². The van der Waals surface area contributed by atoms with Crippen LogP contribution in [-0.2, 0) is 9.59 Å². The van der Waals surface area contributed by atoms with Gasteiger partial charge >= 0.3 is 17.8 Å². The lowest BCUT2D eigenvalue weighted by molar-refractivity contribution is -0.384. The molecule has 2 amide bonds. The number of hydrogen-bond donors (Lipinski definition) is 2. The van der Waals surface area contributed by atoms with E-state index in [1.165, 1.54) is 37.4 Å². The summed E-state index contributed by atoms with van der Waals surface area (Å²) >= 11 is 0. The molecule has 0 bridgehead atoms. The first kappa shape index (κ1) is 26.5. The van der Waals surface area contributed by atoms with Crippen molar-refractivity contribution in [2.24, 2.45) is 5.10 Å². The van der Waals surface area contributed by atoms with E-state index in [4.69, 9.17) is 9.47 Å². The Morgan fingerprint density at radius 2 is 1.54 bits per heavy atom. The number of anilines is 1. The van der Waals surface area contributed by atoms with E-state index >= 15 is 0 Å². The van der Waals surface area contributed by atoms with Gasteiger partial charge in [-0.05, 0) is 74.4 Å². The Morgan fingerprint density at radius 3 is 2.16 bits per heavy atom. The highest BCUT2D eigenvalue weighted by Gasteiger charge is 2.16. The molecular formula is C26H24N4O7. The zero-order valence-electron chi connectivity index (χ0n) is 20.5. The maximum atomic E-state index is 12.4. The Morgan fingerprint density at radius 1 is 0.865 bits per heavy atom. The molecule has 0 fully saturated rings. The van der Waals surface area contributed by atoms with Crippen molar-refractivity contribution in [3.63, 3.8) is 0 Å². The number of carbonyl (C=O) groups excluding carboxylic acids is 3. The summed E-state index contributed by atoms with van der Waals surface area (Å²) in [6, 6.07) is 14.9. The van der Waals surface area contributed by atoms with E-state index in [9.17, 15) is 24.5 Å². The molecule has 3 aromatic rings. The fourth-order valence-electron chi connectivity index (χ4n) is 3.11. The van der Waals surface area contributed by atoms with Gasteiger partial charge in [-0.1, -0.05) is 6.07 Å². The lowest BCUT2D eigenvalue weighted by Gasteiger charge is -2.11. The second kappa shape index (κ2) is 11.6. The maximum Gasteiger partial charge on any atom is 0.343 e. The highest BCUT2D eigenvalue weighted by molar-refractivity contribution is 6.39. The van der Waals surface area contributed by atoms with Crippen LogP contribution in [0.5, 0.6) is 11.5 Å². The molecule has 2 N–H and O–H groups in total. The molecule has 0 spiro atoms. The first-order valence-corrected chi connectivity index (χ1v) is 11.0. The van der Waals surface area contributed by atoms with Gasteiger partial charge in [0.1, 0.15) is 0 Å².